The molecule has 0 aliphatic heterocycles. The van der Waals surface area contributed by atoms with Gasteiger partial charge in [0.05, 0.1) is 6.10 Å². The molecule has 2 nitrogen and oxygen atoms in total. The number of aliphatic hydroxyl groups is 2. The van der Waals surface area contributed by atoms with Crippen molar-refractivity contribution < 1.29 is 10.2 Å². The Bertz CT molecular complexity index is 364. The quantitative estimate of drug-likeness (QED) is 0.858. The molecule has 0 aliphatic carbocycles. The maximum Gasteiger partial charge on any atom is 0.107 e. The number of rotatable bonds is 5. The monoisotopic (exact) mass is 276 g/mol. The van der Waals surface area contributed by atoms with Gasteiger partial charge in [0.25, 0.3) is 0 Å². The number of aliphatic hydroxyl groups excluding tert-OH is 2. The van der Waals surface area contributed by atoms with Crippen LogP contribution in [-0.2, 0) is 0 Å². The van der Waals surface area contributed by atoms with E-state index < -0.39 is 12.2 Å². The van der Waals surface area contributed by atoms with Crippen LogP contribution in [0.1, 0.15) is 38.4 Å². The summed E-state index contributed by atoms with van der Waals surface area (Å²) in [7, 11) is 0. The van der Waals surface area contributed by atoms with Crippen LogP contribution in [0.5, 0.6) is 0 Å². The zero-order valence-electron chi connectivity index (χ0n) is 10.0. The van der Waals surface area contributed by atoms with E-state index in [1.807, 2.05) is 13.8 Å². The molecular weight excluding hydrogens is 259 g/mol. The van der Waals surface area contributed by atoms with Gasteiger partial charge in [0.1, 0.15) is 6.10 Å². The first-order chi connectivity index (χ1) is 8.01. The first-order valence-corrected chi connectivity index (χ1v) is 6.57. The van der Waals surface area contributed by atoms with Crippen LogP contribution in [0.25, 0.3) is 0 Å². The Labute approximate surface area is 112 Å². The third-order valence-electron chi connectivity index (χ3n) is 3.14. The first-order valence-electron chi connectivity index (χ1n) is 5.82. The van der Waals surface area contributed by atoms with Gasteiger partial charge in [-0.3, -0.25) is 0 Å². The van der Waals surface area contributed by atoms with Gasteiger partial charge in [-0.15, -0.1) is 0 Å². The molecule has 0 amide bonds. The molecule has 0 bridgehead atoms. The van der Waals surface area contributed by atoms with E-state index in [-0.39, 0.29) is 5.92 Å². The summed E-state index contributed by atoms with van der Waals surface area (Å²) in [6.45, 7) is 3.99. The lowest BCUT2D eigenvalue weighted by molar-refractivity contribution is -0.0209. The van der Waals surface area contributed by atoms with E-state index in [1.54, 1.807) is 18.2 Å². The van der Waals surface area contributed by atoms with Crippen LogP contribution >= 0.6 is 23.2 Å². The number of hydrogen-bond acceptors (Lipinski definition) is 2. The smallest absolute Gasteiger partial charge is 0.107 e. The van der Waals surface area contributed by atoms with E-state index in [0.29, 0.717) is 15.6 Å². The predicted molar refractivity (Wildman–Crippen MR) is 71.5 cm³/mol. The summed E-state index contributed by atoms with van der Waals surface area (Å²) in [5.74, 6) is 0.0664. The molecule has 2 atom stereocenters. The van der Waals surface area contributed by atoms with Gasteiger partial charge >= 0.3 is 0 Å². The number of benzene rings is 1. The van der Waals surface area contributed by atoms with Crippen molar-refractivity contribution >= 4 is 23.2 Å². The summed E-state index contributed by atoms with van der Waals surface area (Å²) in [6, 6.07) is 4.88. The molecule has 96 valence electrons. The number of halogens is 2. The Kier molecular flexibility index (Phi) is 5.74. The third kappa shape index (κ3) is 3.59. The van der Waals surface area contributed by atoms with E-state index in [2.05, 4.69) is 0 Å². The van der Waals surface area contributed by atoms with Crippen LogP contribution in [0, 0.1) is 5.92 Å². The minimum absolute atomic E-state index is 0.0664. The maximum atomic E-state index is 10.1. The van der Waals surface area contributed by atoms with Crippen LogP contribution in [0.15, 0.2) is 18.2 Å². The molecule has 2 N–H and O–H groups in total. The van der Waals surface area contributed by atoms with Crippen molar-refractivity contribution in [2.45, 2.75) is 38.9 Å². The van der Waals surface area contributed by atoms with Crippen molar-refractivity contribution in [2.75, 3.05) is 0 Å². The van der Waals surface area contributed by atoms with Gasteiger partial charge in [-0.1, -0.05) is 56.0 Å². The molecule has 2 unspecified atom stereocenters. The van der Waals surface area contributed by atoms with Gasteiger partial charge in [0, 0.05) is 15.6 Å². The molecule has 0 saturated heterocycles. The van der Waals surface area contributed by atoms with Crippen molar-refractivity contribution in [1.82, 2.24) is 0 Å². The second-order valence-corrected chi connectivity index (χ2v) is 5.02. The van der Waals surface area contributed by atoms with Gasteiger partial charge in [0.15, 0.2) is 0 Å². The maximum absolute atomic E-state index is 10.1. The van der Waals surface area contributed by atoms with Gasteiger partial charge in [0.2, 0.25) is 0 Å². The van der Waals surface area contributed by atoms with Crippen LogP contribution in [0.3, 0.4) is 0 Å². The fourth-order valence-corrected chi connectivity index (χ4v) is 2.48. The molecule has 0 saturated carbocycles. The Morgan fingerprint density at radius 2 is 1.71 bits per heavy atom. The summed E-state index contributed by atoms with van der Waals surface area (Å²) in [4.78, 5) is 0. The highest BCUT2D eigenvalue weighted by atomic mass is 35.5. The lowest BCUT2D eigenvalue weighted by atomic mass is 9.90. The van der Waals surface area contributed by atoms with E-state index in [4.69, 9.17) is 23.2 Å². The highest BCUT2D eigenvalue weighted by Crippen LogP contribution is 2.31. The van der Waals surface area contributed by atoms with Crippen molar-refractivity contribution in [3.05, 3.63) is 33.8 Å². The van der Waals surface area contributed by atoms with Gasteiger partial charge in [-0.2, -0.15) is 0 Å². The van der Waals surface area contributed by atoms with Crippen molar-refractivity contribution in [2.24, 2.45) is 5.92 Å². The highest BCUT2D eigenvalue weighted by Gasteiger charge is 2.26. The molecular formula is C13H18Cl2O2. The zero-order chi connectivity index (χ0) is 13.0. The van der Waals surface area contributed by atoms with Crippen LogP contribution < -0.4 is 0 Å². The third-order valence-corrected chi connectivity index (χ3v) is 3.70. The standard InChI is InChI=1S/C13H18Cl2O2/c1-3-8(4-2)12(16)13(17)10-6-5-9(14)7-11(10)15/h5-8,12-13,16-17H,3-4H2,1-2H3. The highest BCUT2D eigenvalue weighted by molar-refractivity contribution is 6.35. The minimum atomic E-state index is -0.968. The number of hydrogen-bond donors (Lipinski definition) is 2. The molecule has 0 aliphatic rings. The second-order valence-electron chi connectivity index (χ2n) is 4.18. The zero-order valence-corrected chi connectivity index (χ0v) is 11.5. The molecule has 17 heavy (non-hydrogen) atoms. The van der Waals surface area contributed by atoms with Crippen molar-refractivity contribution in [3.63, 3.8) is 0 Å². The summed E-state index contributed by atoms with van der Waals surface area (Å²) < 4.78 is 0. The van der Waals surface area contributed by atoms with Crippen molar-refractivity contribution in [1.29, 1.82) is 0 Å². The largest absolute Gasteiger partial charge is 0.390 e. The van der Waals surface area contributed by atoms with Gasteiger partial charge in [-0.25, -0.2) is 0 Å². The summed E-state index contributed by atoms with van der Waals surface area (Å²) in [5.41, 5.74) is 0.524. The molecule has 1 aromatic rings. The van der Waals surface area contributed by atoms with E-state index in [1.165, 1.54) is 0 Å². The molecule has 4 heteroatoms. The molecule has 0 radical (unpaired) electrons. The lowest BCUT2D eigenvalue weighted by Gasteiger charge is -2.25. The molecule has 0 aromatic heterocycles. The van der Waals surface area contributed by atoms with E-state index in [9.17, 15) is 10.2 Å². The SMILES string of the molecule is CCC(CC)C(O)C(O)c1ccc(Cl)cc1Cl. The summed E-state index contributed by atoms with van der Waals surface area (Å²) in [5, 5.41) is 21.1. The van der Waals surface area contributed by atoms with Crippen LogP contribution in [-0.4, -0.2) is 16.3 Å². The van der Waals surface area contributed by atoms with E-state index >= 15 is 0 Å². The van der Waals surface area contributed by atoms with Crippen molar-refractivity contribution in [3.8, 4) is 0 Å². The van der Waals surface area contributed by atoms with Gasteiger partial charge in [-0.05, 0) is 18.1 Å². The Hall–Kier alpha value is -0.280. The average Bonchev–Trinajstić information content (AvgIpc) is 2.29. The average molecular weight is 277 g/mol. The molecule has 0 fully saturated rings. The summed E-state index contributed by atoms with van der Waals surface area (Å²) in [6.07, 6.45) is -0.131. The lowest BCUT2D eigenvalue weighted by Crippen LogP contribution is -2.27. The Balaban J connectivity index is 2.91. The van der Waals surface area contributed by atoms with E-state index in [0.717, 1.165) is 12.8 Å². The minimum Gasteiger partial charge on any atom is -0.390 e. The van der Waals surface area contributed by atoms with Crippen LogP contribution in [0.4, 0.5) is 0 Å². The fourth-order valence-electron chi connectivity index (χ4n) is 1.95. The Morgan fingerprint density at radius 3 is 2.18 bits per heavy atom. The Morgan fingerprint density at radius 1 is 1.12 bits per heavy atom. The summed E-state index contributed by atoms with van der Waals surface area (Å²) >= 11 is 11.8. The topological polar surface area (TPSA) is 40.5 Å². The molecule has 0 spiro atoms. The molecule has 0 heterocycles. The molecule has 1 rings (SSSR count). The van der Waals surface area contributed by atoms with Gasteiger partial charge < -0.3 is 10.2 Å². The fraction of sp³-hybridized carbons (Fsp3) is 0.538. The predicted octanol–water partition coefficient (Wildman–Crippen LogP) is 3.82. The van der Waals surface area contributed by atoms with Crippen LogP contribution in [0.2, 0.25) is 10.0 Å². The first kappa shape index (κ1) is 14.8. The second kappa shape index (κ2) is 6.60. The normalized spacial score (nSPS) is 15.0. The molecule has 1 aromatic carbocycles.